The third kappa shape index (κ3) is 2.51. The van der Waals surface area contributed by atoms with Crippen LogP contribution in [0.5, 0.6) is 0 Å². The number of hydrogen-bond donors (Lipinski definition) is 0. The Morgan fingerprint density at radius 2 is 1.81 bits per heavy atom. The molecule has 1 saturated carbocycles. The SMILES string of the molecule is [Cd].[NH-]C1(c2ccc(F)cc2)CCCCC1=O. The average molecular weight is 319 g/mol. The second-order valence-electron chi connectivity index (χ2n) is 4.04. The molecule has 82 valence electrons. The van der Waals surface area contributed by atoms with Gasteiger partial charge in [-0.05, 0) is 24.1 Å². The van der Waals surface area contributed by atoms with Gasteiger partial charge in [0.05, 0.1) is 0 Å². The van der Waals surface area contributed by atoms with Gasteiger partial charge in [0.1, 0.15) is 11.6 Å². The Hall–Kier alpha value is -0.298. The van der Waals surface area contributed by atoms with Gasteiger partial charge >= 0.3 is 0 Å². The summed E-state index contributed by atoms with van der Waals surface area (Å²) in [4.78, 5) is 11.7. The first-order valence-electron chi connectivity index (χ1n) is 5.17. The molecule has 0 saturated heterocycles. The molecule has 1 aromatic rings. The van der Waals surface area contributed by atoms with Crippen molar-refractivity contribution in [1.29, 1.82) is 0 Å². The van der Waals surface area contributed by atoms with Crippen LogP contribution in [0.15, 0.2) is 24.3 Å². The van der Waals surface area contributed by atoms with E-state index in [0.717, 1.165) is 12.8 Å². The number of benzene rings is 1. The van der Waals surface area contributed by atoms with Crippen LogP contribution in [0.25, 0.3) is 5.73 Å². The van der Waals surface area contributed by atoms with Crippen molar-refractivity contribution in [2.75, 3.05) is 0 Å². The molecule has 2 rings (SSSR count). The van der Waals surface area contributed by atoms with Gasteiger partial charge in [-0.3, -0.25) is 0 Å². The van der Waals surface area contributed by atoms with Crippen LogP contribution in [0.4, 0.5) is 4.39 Å². The van der Waals surface area contributed by atoms with E-state index in [1.165, 1.54) is 12.1 Å². The third-order valence-corrected chi connectivity index (χ3v) is 3.02. The van der Waals surface area contributed by atoms with E-state index in [0.29, 0.717) is 18.4 Å². The number of ketones is 1. The second kappa shape index (κ2) is 5.36. The van der Waals surface area contributed by atoms with Gasteiger partial charge in [-0.15, -0.1) is 0 Å². The van der Waals surface area contributed by atoms with Crippen molar-refractivity contribution in [3.05, 3.63) is 41.4 Å². The summed E-state index contributed by atoms with van der Waals surface area (Å²) in [5, 5.41) is 0. The van der Waals surface area contributed by atoms with E-state index in [9.17, 15) is 9.18 Å². The summed E-state index contributed by atoms with van der Waals surface area (Å²) in [7, 11) is 0. The molecule has 1 fully saturated rings. The van der Waals surface area contributed by atoms with Crippen LogP contribution >= 0.6 is 0 Å². The van der Waals surface area contributed by atoms with Crippen molar-refractivity contribution >= 4 is 5.78 Å². The standard InChI is InChI=1S/C12H13FNO.Cd/c13-10-6-4-9(5-7-10)12(14)8-2-1-3-11(12)15;/h4-7,14H,1-3,8H2;/q-1;. The Morgan fingerprint density at radius 1 is 1.19 bits per heavy atom. The van der Waals surface area contributed by atoms with Gasteiger partial charge in [0, 0.05) is 33.7 Å². The number of hydrogen-bond acceptors (Lipinski definition) is 1. The zero-order valence-electron chi connectivity index (χ0n) is 9.13. The Labute approximate surface area is 115 Å². The molecule has 0 aliphatic heterocycles. The number of rotatable bonds is 1. The minimum absolute atomic E-state index is 0. The molecule has 2 nitrogen and oxygen atoms in total. The topological polar surface area (TPSA) is 40.9 Å². The molecule has 0 bridgehead atoms. The van der Waals surface area contributed by atoms with Crippen LogP contribution in [-0.2, 0) is 37.6 Å². The van der Waals surface area contributed by atoms with E-state index in [1.54, 1.807) is 12.1 Å². The smallest absolute Gasteiger partial charge is 0.123 e. The van der Waals surface area contributed by atoms with Gasteiger partial charge < -0.3 is 10.5 Å². The molecule has 1 aliphatic carbocycles. The van der Waals surface area contributed by atoms with Crippen LogP contribution in [-0.4, -0.2) is 5.78 Å². The molecule has 1 atom stereocenters. The van der Waals surface area contributed by atoms with Gasteiger partial charge in [0.2, 0.25) is 0 Å². The maximum atomic E-state index is 12.7. The van der Waals surface area contributed by atoms with Gasteiger partial charge in [0.15, 0.2) is 0 Å². The Bertz CT molecular complexity index is 379. The molecular weight excluding hydrogens is 306 g/mol. The minimum Gasteiger partial charge on any atom is -0.662 e. The normalized spacial score (nSPS) is 25.0. The van der Waals surface area contributed by atoms with Crippen molar-refractivity contribution in [1.82, 2.24) is 0 Å². The van der Waals surface area contributed by atoms with E-state index in [2.05, 4.69) is 0 Å². The summed E-state index contributed by atoms with van der Waals surface area (Å²) >= 11 is 0. The molecule has 0 radical (unpaired) electrons. The van der Waals surface area contributed by atoms with E-state index in [1.807, 2.05) is 0 Å². The molecular formula is C12H13CdFNO-. The number of Topliss-reactive ketones (excluding diaryl/α,β-unsaturated/α-hetero) is 1. The van der Waals surface area contributed by atoms with Gasteiger partial charge in [-0.25, -0.2) is 4.39 Å². The molecule has 4 heteroatoms. The Balaban J connectivity index is 0.00000128. The number of nitrogens with one attached hydrogen (secondary N) is 1. The molecule has 1 unspecified atom stereocenters. The molecule has 0 heterocycles. The summed E-state index contributed by atoms with van der Waals surface area (Å²) in [6, 6.07) is 5.72. The van der Waals surface area contributed by atoms with Crippen molar-refractivity contribution in [2.24, 2.45) is 0 Å². The Kier molecular flexibility index (Phi) is 4.61. The summed E-state index contributed by atoms with van der Waals surface area (Å²) in [6.45, 7) is 0. The van der Waals surface area contributed by atoms with Crippen molar-refractivity contribution < 1.29 is 36.5 Å². The van der Waals surface area contributed by atoms with Gasteiger partial charge in [0.25, 0.3) is 0 Å². The van der Waals surface area contributed by atoms with E-state index in [-0.39, 0.29) is 38.9 Å². The summed E-state index contributed by atoms with van der Waals surface area (Å²) in [5.74, 6) is -0.369. The first-order chi connectivity index (χ1) is 7.13. The van der Waals surface area contributed by atoms with E-state index < -0.39 is 5.54 Å². The van der Waals surface area contributed by atoms with Crippen molar-refractivity contribution in [3.8, 4) is 0 Å². The van der Waals surface area contributed by atoms with Crippen molar-refractivity contribution in [2.45, 2.75) is 31.2 Å². The molecule has 1 aromatic carbocycles. The first kappa shape index (κ1) is 13.8. The van der Waals surface area contributed by atoms with Crippen LogP contribution < -0.4 is 0 Å². The van der Waals surface area contributed by atoms with E-state index in [4.69, 9.17) is 5.73 Å². The molecule has 0 aromatic heterocycles. The monoisotopic (exact) mass is 320 g/mol. The zero-order valence-corrected chi connectivity index (χ0v) is 13.2. The second-order valence-corrected chi connectivity index (χ2v) is 4.04. The fourth-order valence-electron chi connectivity index (χ4n) is 2.07. The summed E-state index contributed by atoms with van der Waals surface area (Å²) in [5.41, 5.74) is 7.65. The number of carbonyl (C=O) groups is 1. The van der Waals surface area contributed by atoms with Crippen LogP contribution in [0.3, 0.4) is 0 Å². The van der Waals surface area contributed by atoms with E-state index >= 15 is 0 Å². The van der Waals surface area contributed by atoms with Crippen LogP contribution in [0.2, 0.25) is 0 Å². The molecule has 1 aliphatic rings. The molecule has 0 amide bonds. The van der Waals surface area contributed by atoms with Gasteiger partial charge in [-0.1, -0.05) is 30.5 Å². The Morgan fingerprint density at radius 3 is 2.38 bits per heavy atom. The molecule has 16 heavy (non-hydrogen) atoms. The largest absolute Gasteiger partial charge is 0.662 e. The van der Waals surface area contributed by atoms with Gasteiger partial charge in [-0.2, -0.15) is 0 Å². The maximum Gasteiger partial charge on any atom is 0.123 e. The molecule has 0 spiro atoms. The minimum atomic E-state index is -1.13. The predicted octanol–water partition coefficient (Wildman–Crippen LogP) is 3.21. The predicted molar refractivity (Wildman–Crippen MR) is 55.9 cm³/mol. The quantitative estimate of drug-likeness (QED) is 0.733. The number of halogens is 1. The molecule has 1 N–H and O–H groups in total. The summed E-state index contributed by atoms with van der Waals surface area (Å²) < 4.78 is 12.7. The first-order valence-corrected chi connectivity index (χ1v) is 5.17. The fraction of sp³-hybridized carbons (Fsp3) is 0.417. The average Bonchev–Trinajstić information content (AvgIpc) is 2.23. The number of carbonyl (C=O) groups excluding carboxylic acids is 1. The zero-order chi connectivity index (χ0) is 10.9. The summed E-state index contributed by atoms with van der Waals surface area (Å²) in [6.07, 6.45) is 2.80. The fourth-order valence-corrected chi connectivity index (χ4v) is 2.07. The third-order valence-electron chi connectivity index (χ3n) is 3.02. The van der Waals surface area contributed by atoms with Crippen LogP contribution in [0.1, 0.15) is 31.2 Å². The van der Waals surface area contributed by atoms with Crippen LogP contribution in [0, 0.1) is 5.82 Å². The maximum absolute atomic E-state index is 12.7. The van der Waals surface area contributed by atoms with Crippen molar-refractivity contribution in [3.63, 3.8) is 0 Å².